The number of benzene rings is 2. The Kier molecular flexibility index (Phi) is 5.22. The normalized spacial score (nSPS) is 12.2. The van der Waals surface area contributed by atoms with Crippen LogP contribution in [0.4, 0.5) is 0 Å². The van der Waals surface area contributed by atoms with Gasteiger partial charge in [-0.1, -0.05) is 34.8 Å². The van der Waals surface area contributed by atoms with Crippen LogP contribution in [0.5, 0.6) is 0 Å². The molecule has 2 aromatic carbocycles. The fourth-order valence-electron chi connectivity index (χ4n) is 1.58. The fraction of sp³-hybridized carbons (Fsp3) is 0.0714. The largest absolute Gasteiger partial charge is 0.293 e. The second kappa shape index (κ2) is 6.72. The predicted molar refractivity (Wildman–Crippen MR) is 83.5 cm³/mol. The number of carbonyl (C=O) groups excluding carboxylic acids is 1. The Morgan fingerprint density at radius 3 is 2.15 bits per heavy atom. The first-order valence-electron chi connectivity index (χ1n) is 5.59. The number of hydrogen-bond donors (Lipinski definition) is 0. The lowest BCUT2D eigenvalue weighted by atomic mass is 10.1. The first-order valence-corrected chi connectivity index (χ1v) is 8.05. The molecule has 1 atom stereocenters. The third kappa shape index (κ3) is 3.83. The molecule has 1 unspecified atom stereocenters. The quantitative estimate of drug-likeness (QED) is 0.755. The molecule has 0 amide bonds. The topological polar surface area (TPSA) is 34.1 Å². The molecule has 0 saturated heterocycles. The van der Waals surface area contributed by atoms with Gasteiger partial charge in [-0.05, 0) is 42.5 Å². The first-order chi connectivity index (χ1) is 9.47. The number of hydrogen-bond acceptors (Lipinski definition) is 2. The minimum Gasteiger partial charge on any atom is -0.293 e. The maximum Gasteiger partial charge on any atom is 0.177 e. The summed E-state index contributed by atoms with van der Waals surface area (Å²) in [5, 5.41) is 1.26. The van der Waals surface area contributed by atoms with Crippen molar-refractivity contribution in [2.45, 2.75) is 4.90 Å². The summed E-state index contributed by atoms with van der Waals surface area (Å²) in [6.07, 6.45) is 0. The van der Waals surface area contributed by atoms with E-state index < -0.39 is 10.8 Å². The van der Waals surface area contributed by atoms with E-state index >= 15 is 0 Å². The van der Waals surface area contributed by atoms with Crippen molar-refractivity contribution in [1.82, 2.24) is 0 Å². The van der Waals surface area contributed by atoms with Crippen LogP contribution in [0, 0.1) is 0 Å². The zero-order chi connectivity index (χ0) is 14.7. The summed E-state index contributed by atoms with van der Waals surface area (Å²) in [6, 6.07) is 11.1. The third-order valence-electron chi connectivity index (χ3n) is 2.57. The van der Waals surface area contributed by atoms with Gasteiger partial charge in [-0.15, -0.1) is 0 Å². The van der Waals surface area contributed by atoms with Gasteiger partial charge in [0, 0.05) is 20.5 Å². The number of rotatable bonds is 4. The molecule has 104 valence electrons. The Morgan fingerprint density at radius 1 is 0.950 bits per heavy atom. The molecule has 0 fully saturated rings. The lowest BCUT2D eigenvalue weighted by Crippen LogP contribution is -2.11. The van der Waals surface area contributed by atoms with Crippen molar-refractivity contribution in [3.8, 4) is 0 Å². The zero-order valence-corrected chi connectivity index (χ0v) is 13.2. The summed E-state index contributed by atoms with van der Waals surface area (Å²) in [4.78, 5) is 12.6. The Hall–Kier alpha value is -0.870. The standard InChI is InChI=1S/C14H9Cl3O2S/c15-9-1-4-11(5-2-9)20(19)8-14(18)12-6-3-10(16)7-13(12)17/h1-7H,8H2. The Labute approximate surface area is 134 Å². The molecule has 0 radical (unpaired) electrons. The van der Waals surface area contributed by atoms with E-state index in [0.29, 0.717) is 20.5 Å². The molecule has 2 nitrogen and oxygen atoms in total. The van der Waals surface area contributed by atoms with Crippen LogP contribution >= 0.6 is 34.8 Å². The van der Waals surface area contributed by atoms with E-state index in [1.165, 1.54) is 12.1 Å². The van der Waals surface area contributed by atoms with Crippen molar-refractivity contribution in [2.24, 2.45) is 0 Å². The average molecular weight is 348 g/mol. The van der Waals surface area contributed by atoms with Gasteiger partial charge in [0.05, 0.1) is 21.6 Å². The van der Waals surface area contributed by atoms with Crippen LogP contribution in [0.3, 0.4) is 0 Å². The van der Waals surface area contributed by atoms with Gasteiger partial charge in [0.2, 0.25) is 0 Å². The van der Waals surface area contributed by atoms with E-state index in [-0.39, 0.29) is 16.6 Å². The SMILES string of the molecule is O=C(CS(=O)c1ccc(Cl)cc1)c1ccc(Cl)cc1Cl. The van der Waals surface area contributed by atoms with Gasteiger partial charge in [0.25, 0.3) is 0 Å². The predicted octanol–water partition coefficient (Wildman–Crippen LogP) is 4.64. The summed E-state index contributed by atoms with van der Waals surface area (Å²) >= 11 is 17.5. The Balaban J connectivity index is 2.15. The van der Waals surface area contributed by atoms with Gasteiger partial charge >= 0.3 is 0 Å². The van der Waals surface area contributed by atoms with E-state index in [2.05, 4.69) is 0 Å². The highest BCUT2D eigenvalue weighted by Gasteiger charge is 2.15. The number of halogens is 3. The molecular formula is C14H9Cl3O2S. The molecule has 6 heteroatoms. The second-order valence-corrected chi connectivity index (χ2v) is 6.72. The lowest BCUT2D eigenvalue weighted by Gasteiger charge is -2.05. The summed E-state index contributed by atoms with van der Waals surface area (Å²) in [5.41, 5.74) is 0.318. The summed E-state index contributed by atoms with van der Waals surface area (Å²) in [5.74, 6) is -0.428. The summed E-state index contributed by atoms with van der Waals surface area (Å²) < 4.78 is 12.1. The van der Waals surface area contributed by atoms with Gasteiger partial charge < -0.3 is 0 Å². The molecule has 0 heterocycles. The molecule has 0 aliphatic carbocycles. The lowest BCUT2D eigenvalue weighted by molar-refractivity contribution is 0.102. The van der Waals surface area contributed by atoms with Crippen molar-refractivity contribution in [3.05, 3.63) is 63.1 Å². The number of carbonyl (C=O) groups is 1. The van der Waals surface area contributed by atoms with Crippen LogP contribution in [0.1, 0.15) is 10.4 Å². The molecule has 0 N–H and O–H groups in total. The summed E-state index contributed by atoms with van der Waals surface area (Å²) in [7, 11) is -1.44. The third-order valence-corrected chi connectivity index (χ3v) is 4.69. The smallest absolute Gasteiger partial charge is 0.177 e. The van der Waals surface area contributed by atoms with Gasteiger partial charge in [-0.2, -0.15) is 0 Å². The highest BCUT2D eigenvalue weighted by atomic mass is 35.5. The van der Waals surface area contributed by atoms with Crippen LogP contribution < -0.4 is 0 Å². The first kappa shape index (κ1) is 15.5. The van der Waals surface area contributed by atoms with Gasteiger partial charge in [-0.25, -0.2) is 0 Å². The molecule has 0 bridgehead atoms. The van der Waals surface area contributed by atoms with Crippen LogP contribution in [-0.2, 0) is 10.8 Å². The van der Waals surface area contributed by atoms with E-state index in [1.54, 1.807) is 30.3 Å². The minimum absolute atomic E-state index is 0.136. The van der Waals surface area contributed by atoms with Crippen LogP contribution in [0.25, 0.3) is 0 Å². The fourth-order valence-corrected chi connectivity index (χ4v) is 3.22. The van der Waals surface area contributed by atoms with Crippen LogP contribution in [0.2, 0.25) is 15.1 Å². The monoisotopic (exact) mass is 346 g/mol. The molecule has 2 rings (SSSR count). The molecule has 2 aromatic rings. The number of ketones is 1. The molecular weight excluding hydrogens is 339 g/mol. The van der Waals surface area contributed by atoms with E-state index in [4.69, 9.17) is 34.8 Å². The molecule has 0 spiro atoms. The van der Waals surface area contributed by atoms with Gasteiger partial charge in [0.1, 0.15) is 0 Å². The van der Waals surface area contributed by atoms with Gasteiger partial charge in [-0.3, -0.25) is 9.00 Å². The van der Waals surface area contributed by atoms with Crippen molar-refractivity contribution >= 4 is 51.4 Å². The molecule has 20 heavy (non-hydrogen) atoms. The molecule has 0 saturated carbocycles. The highest BCUT2D eigenvalue weighted by molar-refractivity contribution is 7.85. The molecule has 0 aliphatic heterocycles. The average Bonchev–Trinajstić information content (AvgIpc) is 2.39. The Bertz CT molecular complexity index is 669. The second-order valence-electron chi connectivity index (χ2n) is 3.99. The van der Waals surface area contributed by atoms with Crippen molar-refractivity contribution in [2.75, 3.05) is 5.75 Å². The molecule has 0 aromatic heterocycles. The van der Waals surface area contributed by atoms with Crippen LogP contribution in [-0.4, -0.2) is 15.7 Å². The zero-order valence-electron chi connectivity index (χ0n) is 10.1. The van der Waals surface area contributed by atoms with Gasteiger partial charge in [0.15, 0.2) is 5.78 Å². The van der Waals surface area contributed by atoms with Crippen molar-refractivity contribution in [3.63, 3.8) is 0 Å². The molecule has 0 aliphatic rings. The Morgan fingerprint density at radius 2 is 1.55 bits per heavy atom. The van der Waals surface area contributed by atoms with Crippen molar-refractivity contribution < 1.29 is 9.00 Å². The number of Topliss-reactive ketones (excluding diaryl/α,β-unsaturated/α-hetero) is 1. The highest BCUT2D eigenvalue weighted by Crippen LogP contribution is 2.22. The van der Waals surface area contributed by atoms with E-state index in [9.17, 15) is 9.00 Å². The minimum atomic E-state index is -1.44. The van der Waals surface area contributed by atoms with E-state index in [0.717, 1.165) is 0 Å². The van der Waals surface area contributed by atoms with E-state index in [1.807, 2.05) is 0 Å². The van der Waals surface area contributed by atoms with Crippen LogP contribution in [0.15, 0.2) is 47.4 Å². The maximum atomic E-state index is 12.1. The maximum absolute atomic E-state index is 12.1. The summed E-state index contributed by atoms with van der Waals surface area (Å²) in [6.45, 7) is 0. The van der Waals surface area contributed by atoms with Crippen molar-refractivity contribution in [1.29, 1.82) is 0 Å².